The minimum absolute atomic E-state index is 0.734. The van der Waals surface area contributed by atoms with E-state index in [0.717, 1.165) is 16.9 Å². The lowest BCUT2D eigenvalue weighted by molar-refractivity contribution is 0.222. The average molecular weight is 228 g/mol. The van der Waals surface area contributed by atoms with E-state index < -0.39 is 0 Å². The Bertz CT molecular complexity index is 482. The van der Waals surface area contributed by atoms with E-state index in [2.05, 4.69) is 20.4 Å². The molecule has 5 heteroatoms. The number of hydrogen-bond acceptors (Lipinski definition) is 5. The Morgan fingerprint density at radius 3 is 2.71 bits per heavy atom. The van der Waals surface area contributed by atoms with Gasteiger partial charge >= 0.3 is 0 Å². The molecule has 2 aromatic heterocycles. The standard InChI is InChI=1S/C12H12N4O/c1-13-17-9-16-11-2-3-12(15-8-11)10-4-6-14-7-5-10/h2-9,13H,1H3. The van der Waals surface area contributed by atoms with Gasteiger partial charge in [-0.25, -0.2) is 4.99 Å². The van der Waals surface area contributed by atoms with Crippen LogP contribution in [0.5, 0.6) is 0 Å². The van der Waals surface area contributed by atoms with Gasteiger partial charge in [0, 0.05) is 25.0 Å². The monoisotopic (exact) mass is 228 g/mol. The maximum atomic E-state index is 4.77. The van der Waals surface area contributed by atoms with Gasteiger partial charge in [0.1, 0.15) is 0 Å². The van der Waals surface area contributed by atoms with Crippen molar-refractivity contribution in [2.75, 3.05) is 7.05 Å². The highest BCUT2D eigenvalue weighted by atomic mass is 16.6. The average Bonchev–Trinajstić information content (AvgIpc) is 2.41. The number of rotatable bonds is 4. The molecule has 5 nitrogen and oxygen atoms in total. The van der Waals surface area contributed by atoms with Gasteiger partial charge < -0.3 is 4.84 Å². The summed E-state index contributed by atoms with van der Waals surface area (Å²) in [6.07, 6.45) is 6.49. The molecule has 86 valence electrons. The van der Waals surface area contributed by atoms with Crippen molar-refractivity contribution in [3.05, 3.63) is 42.9 Å². The predicted octanol–water partition coefficient (Wildman–Crippen LogP) is 1.95. The topological polar surface area (TPSA) is 59.4 Å². The molecule has 2 rings (SSSR count). The van der Waals surface area contributed by atoms with Gasteiger partial charge in [-0.05, 0) is 24.3 Å². The first-order chi connectivity index (χ1) is 8.40. The van der Waals surface area contributed by atoms with Crippen LogP contribution in [-0.2, 0) is 4.84 Å². The minimum Gasteiger partial charge on any atom is -0.397 e. The summed E-state index contributed by atoms with van der Waals surface area (Å²) in [7, 11) is 1.66. The smallest absolute Gasteiger partial charge is 0.201 e. The van der Waals surface area contributed by atoms with Crippen LogP contribution in [0.1, 0.15) is 0 Å². The van der Waals surface area contributed by atoms with Crippen LogP contribution in [0.2, 0.25) is 0 Å². The maximum Gasteiger partial charge on any atom is 0.201 e. The second kappa shape index (κ2) is 5.72. The first-order valence-electron chi connectivity index (χ1n) is 5.11. The Labute approximate surface area is 99.2 Å². The van der Waals surface area contributed by atoms with Crippen molar-refractivity contribution in [2.45, 2.75) is 0 Å². The highest BCUT2D eigenvalue weighted by Crippen LogP contribution is 2.18. The van der Waals surface area contributed by atoms with Crippen molar-refractivity contribution >= 4 is 12.1 Å². The lowest BCUT2D eigenvalue weighted by Gasteiger charge is -2.00. The van der Waals surface area contributed by atoms with Crippen LogP contribution < -0.4 is 5.48 Å². The Morgan fingerprint density at radius 2 is 2.06 bits per heavy atom. The zero-order valence-electron chi connectivity index (χ0n) is 9.37. The van der Waals surface area contributed by atoms with Gasteiger partial charge in [-0.1, -0.05) is 0 Å². The Kier molecular flexibility index (Phi) is 3.77. The fraction of sp³-hybridized carbons (Fsp3) is 0.0833. The van der Waals surface area contributed by atoms with E-state index in [4.69, 9.17) is 4.84 Å². The van der Waals surface area contributed by atoms with Gasteiger partial charge in [0.15, 0.2) is 0 Å². The molecule has 0 fully saturated rings. The van der Waals surface area contributed by atoms with Crippen molar-refractivity contribution < 1.29 is 4.84 Å². The van der Waals surface area contributed by atoms with Crippen LogP contribution in [0.3, 0.4) is 0 Å². The summed E-state index contributed by atoms with van der Waals surface area (Å²) in [5, 5.41) is 0. The van der Waals surface area contributed by atoms with Crippen molar-refractivity contribution in [1.29, 1.82) is 0 Å². The number of pyridine rings is 2. The number of nitrogens with zero attached hydrogens (tertiary/aromatic N) is 3. The minimum atomic E-state index is 0.734. The lowest BCUT2D eigenvalue weighted by Crippen LogP contribution is -2.04. The van der Waals surface area contributed by atoms with E-state index in [0.29, 0.717) is 0 Å². The second-order valence-corrected chi connectivity index (χ2v) is 3.19. The third-order valence-electron chi connectivity index (χ3n) is 2.10. The van der Waals surface area contributed by atoms with E-state index in [1.54, 1.807) is 25.6 Å². The van der Waals surface area contributed by atoms with Gasteiger partial charge in [-0.15, -0.1) is 0 Å². The molecule has 0 radical (unpaired) electrons. The molecule has 0 aromatic carbocycles. The summed E-state index contributed by atoms with van der Waals surface area (Å²) < 4.78 is 0. The summed E-state index contributed by atoms with van der Waals surface area (Å²) in [5.41, 5.74) is 5.15. The molecule has 0 spiro atoms. The zero-order chi connectivity index (χ0) is 11.9. The molecule has 2 aromatic rings. The SMILES string of the molecule is CNOC=Nc1ccc(-c2ccncc2)nc1. The highest BCUT2D eigenvalue weighted by molar-refractivity contribution is 5.61. The van der Waals surface area contributed by atoms with E-state index in [1.165, 1.54) is 6.40 Å². The number of nitrogens with one attached hydrogen (secondary N) is 1. The second-order valence-electron chi connectivity index (χ2n) is 3.19. The maximum absolute atomic E-state index is 4.77. The van der Waals surface area contributed by atoms with E-state index >= 15 is 0 Å². The van der Waals surface area contributed by atoms with Gasteiger partial charge in [0.25, 0.3) is 0 Å². The molecule has 1 N–H and O–H groups in total. The van der Waals surface area contributed by atoms with Crippen LogP contribution in [0.25, 0.3) is 11.3 Å². The van der Waals surface area contributed by atoms with E-state index in [9.17, 15) is 0 Å². The van der Waals surface area contributed by atoms with Crippen molar-refractivity contribution in [3.63, 3.8) is 0 Å². The molecule has 0 amide bonds. The van der Waals surface area contributed by atoms with E-state index in [1.807, 2.05) is 24.3 Å². The molecule has 2 heterocycles. The fourth-order valence-corrected chi connectivity index (χ4v) is 1.30. The third-order valence-corrected chi connectivity index (χ3v) is 2.10. The van der Waals surface area contributed by atoms with E-state index in [-0.39, 0.29) is 0 Å². The summed E-state index contributed by atoms with van der Waals surface area (Å²) in [6.45, 7) is 0. The first kappa shape index (κ1) is 11.2. The predicted molar refractivity (Wildman–Crippen MR) is 65.8 cm³/mol. The Hall–Kier alpha value is -2.27. The van der Waals surface area contributed by atoms with Crippen LogP contribution in [0, 0.1) is 0 Å². The summed E-state index contributed by atoms with van der Waals surface area (Å²) in [6, 6.07) is 7.60. The Balaban J connectivity index is 2.13. The highest BCUT2D eigenvalue weighted by Gasteiger charge is 1.97. The summed E-state index contributed by atoms with van der Waals surface area (Å²) in [5.74, 6) is 0. The molecule has 17 heavy (non-hydrogen) atoms. The van der Waals surface area contributed by atoms with Crippen molar-refractivity contribution in [2.24, 2.45) is 4.99 Å². The molecule has 0 saturated carbocycles. The quantitative estimate of drug-likeness (QED) is 0.493. The van der Waals surface area contributed by atoms with Gasteiger partial charge in [0.2, 0.25) is 6.40 Å². The number of aliphatic imine (C=N–C) groups is 1. The molecule has 0 aliphatic heterocycles. The molecule has 0 bridgehead atoms. The normalized spacial score (nSPS) is 10.6. The van der Waals surface area contributed by atoms with Gasteiger partial charge in [-0.2, -0.15) is 5.48 Å². The number of hydrogen-bond donors (Lipinski definition) is 1. The Morgan fingerprint density at radius 1 is 1.24 bits per heavy atom. The molecular formula is C12H12N4O. The molecule has 0 aliphatic carbocycles. The molecule has 0 atom stereocenters. The largest absolute Gasteiger partial charge is 0.397 e. The fourth-order valence-electron chi connectivity index (χ4n) is 1.30. The third kappa shape index (κ3) is 3.09. The molecule has 0 saturated heterocycles. The lowest BCUT2D eigenvalue weighted by atomic mass is 10.2. The van der Waals surface area contributed by atoms with Crippen molar-refractivity contribution in [3.8, 4) is 11.3 Å². The van der Waals surface area contributed by atoms with Crippen molar-refractivity contribution in [1.82, 2.24) is 15.4 Å². The summed E-state index contributed by atoms with van der Waals surface area (Å²) >= 11 is 0. The molecular weight excluding hydrogens is 216 g/mol. The van der Waals surface area contributed by atoms with Gasteiger partial charge in [0.05, 0.1) is 17.6 Å². The summed E-state index contributed by atoms with van der Waals surface area (Å²) in [4.78, 5) is 17.1. The van der Waals surface area contributed by atoms with Crippen LogP contribution in [-0.4, -0.2) is 23.4 Å². The molecule has 0 aliphatic rings. The first-order valence-corrected chi connectivity index (χ1v) is 5.11. The molecule has 0 unspecified atom stereocenters. The van der Waals surface area contributed by atoms with Crippen LogP contribution in [0.15, 0.2) is 47.8 Å². The number of aromatic nitrogens is 2. The van der Waals surface area contributed by atoms with Crippen LogP contribution >= 0.6 is 0 Å². The van der Waals surface area contributed by atoms with Crippen LogP contribution in [0.4, 0.5) is 5.69 Å². The van der Waals surface area contributed by atoms with Gasteiger partial charge in [-0.3, -0.25) is 9.97 Å². The number of hydroxylamine groups is 1. The zero-order valence-corrected chi connectivity index (χ0v) is 9.37.